The van der Waals surface area contributed by atoms with Crippen molar-refractivity contribution in [3.8, 4) is 0 Å². The van der Waals surface area contributed by atoms with E-state index in [9.17, 15) is 9.59 Å². The molecule has 0 radical (unpaired) electrons. The number of aryl methyl sites for hydroxylation is 2. The number of imidazole rings is 1. The molecule has 0 atom stereocenters. The SMILES string of the molecule is Cc1cccc(NC(=O)c2nc(C(=O)Nc3ccccc3C)n3c2CCCC3)c1. The van der Waals surface area contributed by atoms with Gasteiger partial charge in [-0.2, -0.15) is 0 Å². The highest BCUT2D eigenvalue weighted by Crippen LogP contribution is 2.23. The van der Waals surface area contributed by atoms with Gasteiger partial charge in [-0.05, 0) is 62.4 Å². The molecule has 0 bridgehead atoms. The third-order valence-electron chi connectivity index (χ3n) is 5.21. The summed E-state index contributed by atoms with van der Waals surface area (Å²) in [4.78, 5) is 30.4. The van der Waals surface area contributed by atoms with Crippen molar-refractivity contribution in [3.05, 3.63) is 76.9 Å². The first-order valence-electron chi connectivity index (χ1n) is 9.87. The van der Waals surface area contributed by atoms with Crippen LogP contribution in [0.25, 0.3) is 0 Å². The van der Waals surface area contributed by atoms with Crippen LogP contribution in [-0.4, -0.2) is 21.4 Å². The van der Waals surface area contributed by atoms with Crippen LogP contribution in [0.5, 0.6) is 0 Å². The van der Waals surface area contributed by atoms with Crippen LogP contribution in [0.2, 0.25) is 0 Å². The molecule has 29 heavy (non-hydrogen) atoms. The molecule has 6 nitrogen and oxygen atoms in total. The summed E-state index contributed by atoms with van der Waals surface area (Å²) in [5, 5.41) is 5.85. The monoisotopic (exact) mass is 388 g/mol. The van der Waals surface area contributed by atoms with Gasteiger partial charge in [0.25, 0.3) is 11.8 Å². The summed E-state index contributed by atoms with van der Waals surface area (Å²) < 4.78 is 1.89. The van der Waals surface area contributed by atoms with Crippen LogP contribution < -0.4 is 10.6 Å². The quantitative estimate of drug-likeness (QED) is 0.698. The van der Waals surface area contributed by atoms with Gasteiger partial charge in [0.15, 0.2) is 11.5 Å². The normalized spacial score (nSPS) is 12.9. The minimum atomic E-state index is -0.294. The number of fused-ring (bicyclic) bond motifs is 1. The summed E-state index contributed by atoms with van der Waals surface area (Å²) in [5.74, 6) is -0.286. The number of carbonyl (C=O) groups is 2. The number of hydrogen-bond donors (Lipinski definition) is 2. The van der Waals surface area contributed by atoms with E-state index in [1.807, 2.05) is 66.9 Å². The van der Waals surface area contributed by atoms with Crippen molar-refractivity contribution in [1.82, 2.24) is 9.55 Å². The second kappa shape index (κ2) is 7.91. The Morgan fingerprint density at radius 2 is 1.79 bits per heavy atom. The van der Waals surface area contributed by atoms with Crippen LogP contribution in [0.15, 0.2) is 48.5 Å². The van der Waals surface area contributed by atoms with Gasteiger partial charge in [0, 0.05) is 17.9 Å². The summed E-state index contributed by atoms with van der Waals surface area (Å²) in [6.07, 6.45) is 2.68. The summed E-state index contributed by atoms with van der Waals surface area (Å²) in [7, 11) is 0. The van der Waals surface area contributed by atoms with Gasteiger partial charge in [-0.25, -0.2) is 4.98 Å². The van der Waals surface area contributed by atoms with Crippen molar-refractivity contribution in [2.75, 3.05) is 10.6 Å². The predicted molar refractivity (Wildman–Crippen MR) is 113 cm³/mol. The molecule has 0 saturated heterocycles. The maximum Gasteiger partial charge on any atom is 0.291 e. The van der Waals surface area contributed by atoms with E-state index in [0.29, 0.717) is 12.2 Å². The molecule has 0 aliphatic carbocycles. The molecule has 1 aromatic heterocycles. The van der Waals surface area contributed by atoms with E-state index in [1.54, 1.807) is 0 Å². The van der Waals surface area contributed by atoms with Gasteiger partial charge in [-0.15, -0.1) is 0 Å². The van der Waals surface area contributed by atoms with Crippen molar-refractivity contribution in [2.24, 2.45) is 0 Å². The van der Waals surface area contributed by atoms with E-state index in [2.05, 4.69) is 15.6 Å². The standard InChI is InChI=1S/C23H24N4O2/c1-15-8-7-10-17(14-15)24-22(28)20-19-12-5-6-13-27(19)21(26-20)23(29)25-18-11-4-3-9-16(18)2/h3-4,7-11,14H,5-6,12-13H2,1-2H3,(H,24,28)(H,25,29). The highest BCUT2D eigenvalue weighted by Gasteiger charge is 2.27. The molecule has 0 fully saturated rings. The third kappa shape index (κ3) is 3.92. The fraction of sp³-hybridized carbons (Fsp3) is 0.261. The molecule has 2 heterocycles. The molecule has 6 heteroatoms. The second-order valence-electron chi connectivity index (χ2n) is 7.43. The van der Waals surface area contributed by atoms with Gasteiger partial charge in [0.2, 0.25) is 0 Å². The Balaban J connectivity index is 1.64. The van der Waals surface area contributed by atoms with Crippen LogP contribution in [0.4, 0.5) is 11.4 Å². The molecule has 3 aromatic rings. The van der Waals surface area contributed by atoms with Gasteiger partial charge >= 0.3 is 0 Å². The zero-order valence-corrected chi connectivity index (χ0v) is 16.7. The Kier molecular flexibility index (Phi) is 5.16. The van der Waals surface area contributed by atoms with E-state index >= 15 is 0 Å². The van der Waals surface area contributed by atoms with Gasteiger partial charge in [0.05, 0.1) is 5.69 Å². The zero-order chi connectivity index (χ0) is 20.4. The Morgan fingerprint density at radius 3 is 2.59 bits per heavy atom. The molecular formula is C23H24N4O2. The van der Waals surface area contributed by atoms with E-state index in [1.165, 1.54) is 0 Å². The smallest absolute Gasteiger partial charge is 0.291 e. The molecule has 4 rings (SSSR count). The molecule has 1 aliphatic heterocycles. The lowest BCUT2D eigenvalue weighted by molar-refractivity contribution is 0.101. The van der Waals surface area contributed by atoms with Gasteiger partial charge in [0.1, 0.15) is 0 Å². The Labute approximate surface area is 170 Å². The maximum absolute atomic E-state index is 13.0. The summed E-state index contributed by atoms with van der Waals surface area (Å²) in [6.45, 7) is 4.61. The van der Waals surface area contributed by atoms with E-state index in [4.69, 9.17) is 0 Å². The van der Waals surface area contributed by atoms with Gasteiger partial charge in [-0.1, -0.05) is 30.3 Å². The number of rotatable bonds is 4. The minimum absolute atomic E-state index is 0.281. The topological polar surface area (TPSA) is 76.0 Å². The average molecular weight is 388 g/mol. The molecule has 148 valence electrons. The van der Waals surface area contributed by atoms with Crippen molar-refractivity contribution in [1.29, 1.82) is 0 Å². The number of benzene rings is 2. The highest BCUT2D eigenvalue weighted by atomic mass is 16.2. The maximum atomic E-state index is 13.0. The number of carbonyl (C=O) groups excluding carboxylic acids is 2. The molecule has 1 aliphatic rings. The largest absolute Gasteiger partial charge is 0.323 e. The second-order valence-corrected chi connectivity index (χ2v) is 7.43. The number of aromatic nitrogens is 2. The molecule has 2 amide bonds. The number of anilines is 2. The average Bonchev–Trinajstić information content (AvgIpc) is 3.10. The van der Waals surface area contributed by atoms with Crippen LogP contribution in [0.1, 0.15) is 50.8 Å². The van der Waals surface area contributed by atoms with Crippen LogP contribution >= 0.6 is 0 Å². The number of nitrogens with one attached hydrogen (secondary N) is 2. The molecule has 0 spiro atoms. The number of amides is 2. The first kappa shape index (κ1) is 18.9. The molecule has 0 saturated carbocycles. The Morgan fingerprint density at radius 1 is 0.966 bits per heavy atom. The predicted octanol–water partition coefficient (Wildman–Crippen LogP) is 4.34. The lowest BCUT2D eigenvalue weighted by atomic mass is 10.1. The van der Waals surface area contributed by atoms with Gasteiger partial charge < -0.3 is 15.2 Å². The van der Waals surface area contributed by atoms with Crippen molar-refractivity contribution in [3.63, 3.8) is 0 Å². The molecule has 2 N–H and O–H groups in total. The van der Waals surface area contributed by atoms with Crippen LogP contribution in [-0.2, 0) is 13.0 Å². The first-order valence-corrected chi connectivity index (χ1v) is 9.87. The van der Waals surface area contributed by atoms with Gasteiger partial charge in [-0.3, -0.25) is 9.59 Å². The minimum Gasteiger partial charge on any atom is -0.323 e. The molecular weight excluding hydrogens is 364 g/mol. The highest BCUT2D eigenvalue weighted by molar-refractivity contribution is 6.07. The van der Waals surface area contributed by atoms with E-state index < -0.39 is 0 Å². The molecule has 0 unspecified atom stereocenters. The Bertz CT molecular complexity index is 1080. The molecule has 2 aromatic carbocycles. The first-order chi connectivity index (χ1) is 14.0. The fourth-order valence-electron chi connectivity index (χ4n) is 3.70. The van der Waals surface area contributed by atoms with Crippen LogP contribution in [0, 0.1) is 13.8 Å². The summed E-state index contributed by atoms with van der Waals surface area (Å²) >= 11 is 0. The Hall–Kier alpha value is -3.41. The lowest BCUT2D eigenvalue weighted by Gasteiger charge is -2.17. The number of para-hydroxylation sites is 1. The fourth-order valence-corrected chi connectivity index (χ4v) is 3.70. The van der Waals surface area contributed by atoms with Crippen molar-refractivity contribution >= 4 is 23.2 Å². The summed E-state index contributed by atoms with van der Waals surface area (Å²) in [6, 6.07) is 15.2. The van der Waals surface area contributed by atoms with E-state index in [0.717, 1.165) is 47.5 Å². The number of nitrogens with zero attached hydrogens (tertiary/aromatic N) is 2. The zero-order valence-electron chi connectivity index (χ0n) is 16.7. The lowest BCUT2D eigenvalue weighted by Crippen LogP contribution is -2.21. The third-order valence-corrected chi connectivity index (χ3v) is 5.21. The van der Waals surface area contributed by atoms with E-state index in [-0.39, 0.29) is 17.6 Å². The van der Waals surface area contributed by atoms with Crippen LogP contribution in [0.3, 0.4) is 0 Å². The summed E-state index contributed by atoms with van der Waals surface area (Å²) in [5.41, 5.74) is 4.67. The number of hydrogen-bond acceptors (Lipinski definition) is 3. The van der Waals surface area contributed by atoms with Crippen molar-refractivity contribution in [2.45, 2.75) is 39.7 Å². The van der Waals surface area contributed by atoms with Crippen molar-refractivity contribution < 1.29 is 9.59 Å².